The molecule has 0 saturated heterocycles. The zero-order valence-electron chi connectivity index (χ0n) is 7.92. The number of hydrogen-bond donors (Lipinski definition) is 1. The molecule has 3 nitrogen and oxygen atoms in total. The number of carbonyl (C=O) groups excluding carboxylic acids is 1. The number of amides is 1. The van der Waals surface area contributed by atoms with Crippen molar-refractivity contribution in [2.45, 2.75) is 13.0 Å². The lowest BCUT2D eigenvalue weighted by Crippen LogP contribution is -2.31. The number of nitriles is 1. The van der Waals surface area contributed by atoms with Gasteiger partial charge in [0.1, 0.15) is 17.7 Å². The highest BCUT2D eigenvalue weighted by molar-refractivity contribution is 5.94. The molecule has 0 radical (unpaired) electrons. The summed E-state index contributed by atoms with van der Waals surface area (Å²) in [5.41, 5.74) is -0.405. The average molecular weight is 210 g/mol. The van der Waals surface area contributed by atoms with Crippen LogP contribution in [0.1, 0.15) is 17.3 Å². The van der Waals surface area contributed by atoms with Crippen molar-refractivity contribution in [3.05, 3.63) is 35.4 Å². The van der Waals surface area contributed by atoms with Gasteiger partial charge in [-0.15, -0.1) is 0 Å². The summed E-state index contributed by atoms with van der Waals surface area (Å²) in [7, 11) is 0. The molecule has 15 heavy (non-hydrogen) atoms. The van der Waals surface area contributed by atoms with Crippen LogP contribution in [0.4, 0.5) is 8.78 Å². The fraction of sp³-hybridized carbons (Fsp3) is 0.200. The van der Waals surface area contributed by atoms with Crippen LogP contribution in [0.25, 0.3) is 0 Å². The van der Waals surface area contributed by atoms with Gasteiger partial charge in [-0.1, -0.05) is 0 Å². The summed E-state index contributed by atoms with van der Waals surface area (Å²) in [6, 6.07) is 3.57. The first kappa shape index (κ1) is 11.1. The number of carbonyl (C=O) groups is 1. The molecule has 0 fully saturated rings. The van der Waals surface area contributed by atoms with Crippen LogP contribution in [0.5, 0.6) is 0 Å². The Kier molecular flexibility index (Phi) is 3.34. The van der Waals surface area contributed by atoms with Gasteiger partial charge in [0.25, 0.3) is 5.91 Å². The highest BCUT2D eigenvalue weighted by Crippen LogP contribution is 2.09. The minimum atomic E-state index is -0.820. The number of rotatable bonds is 2. The normalized spacial score (nSPS) is 11.6. The summed E-state index contributed by atoms with van der Waals surface area (Å²) in [5.74, 6) is -2.33. The number of halogens is 2. The van der Waals surface area contributed by atoms with E-state index in [9.17, 15) is 13.6 Å². The fourth-order valence-corrected chi connectivity index (χ4v) is 0.978. The largest absolute Gasteiger partial charge is 0.336 e. The molecule has 1 N–H and O–H groups in total. The van der Waals surface area contributed by atoms with Gasteiger partial charge < -0.3 is 5.32 Å². The topological polar surface area (TPSA) is 52.9 Å². The lowest BCUT2D eigenvalue weighted by Gasteiger charge is -2.06. The molecule has 0 aromatic heterocycles. The maximum Gasteiger partial charge on any atom is 0.255 e. The molecule has 0 heterocycles. The Morgan fingerprint density at radius 2 is 2.20 bits per heavy atom. The smallest absolute Gasteiger partial charge is 0.255 e. The van der Waals surface area contributed by atoms with Crippen molar-refractivity contribution in [1.82, 2.24) is 5.32 Å². The summed E-state index contributed by atoms with van der Waals surface area (Å²) in [6.07, 6.45) is 0. The van der Waals surface area contributed by atoms with E-state index < -0.39 is 29.1 Å². The Bertz CT molecular complexity index is 426. The van der Waals surface area contributed by atoms with Crippen LogP contribution in [-0.2, 0) is 0 Å². The average Bonchev–Trinajstić information content (AvgIpc) is 2.21. The summed E-state index contributed by atoms with van der Waals surface area (Å²) in [5, 5.41) is 10.6. The summed E-state index contributed by atoms with van der Waals surface area (Å²) >= 11 is 0. The number of hydrogen-bond acceptors (Lipinski definition) is 2. The third-order valence-corrected chi connectivity index (χ3v) is 1.71. The van der Waals surface area contributed by atoms with Crippen molar-refractivity contribution < 1.29 is 13.6 Å². The molecule has 1 amide bonds. The van der Waals surface area contributed by atoms with Gasteiger partial charge in [-0.25, -0.2) is 8.78 Å². The van der Waals surface area contributed by atoms with E-state index in [4.69, 9.17) is 5.26 Å². The lowest BCUT2D eigenvalue weighted by molar-refractivity contribution is 0.0943. The van der Waals surface area contributed by atoms with Gasteiger partial charge in [-0.3, -0.25) is 4.79 Å². The Labute approximate surface area is 85.3 Å². The van der Waals surface area contributed by atoms with Crippen molar-refractivity contribution in [3.8, 4) is 6.07 Å². The highest BCUT2D eigenvalue weighted by Gasteiger charge is 2.14. The fourth-order valence-electron chi connectivity index (χ4n) is 0.978. The minimum Gasteiger partial charge on any atom is -0.336 e. The van der Waals surface area contributed by atoms with Gasteiger partial charge in [0.05, 0.1) is 11.6 Å². The molecule has 0 bridgehead atoms. The van der Waals surface area contributed by atoms with E-state index in [1.165, 1.54) is 6.92 Å². The first-order chi connectivity index (χ1) is 7.04. The number of benzene rings is 1. The van der Waals surface area contributed by atoms with E-state index in [0.717, 1.165) is 18.2 Å². The Balaban J connectivity index is 2.92. The Morgan fingerprint density at radius 1 is 1.53 bits per heavy atom. The zero-order valence-corrected chi connectivity index (χ0v) is 7.92. The molecule has 5 heteroatoms. The predicted octanol–water partition coefficient (Wildman–Crippen LogP) is 1.61. The van der Waals surface area contributed by atoms with Crippen molar-refractivity contribution in [2.75, 3.05) is 0 Å². The maximum atomic E-state index is 13.1. The van der Waals surface area contributed by atoms with Crippen LogP contribution in [0.2, 0.25) is 0 Å². The number of nitrogens with zero attached hydrogens (tertiary/aromatic N) is 1. The van der Waals surface area contributed by atoms with Gasteiger partial charge in [-0.2, -0.15) is 5.26 Å². The Hall–Kier alpha value is -1.96. The summed E-state index contributed by atoms with van der Waals surface area (Å²) in [4.78, 5) is 11.3. The molecule has 1 aromatic rings. The molecule has 1 atom stereocenters. The zero-order chi connectivity index (χ0) is 11.4. The highest BCUT2D eigenvalue weighted by atomic mass is 19.1. The van der Waals surface area contributed by atoms with Crippen LogP contribution in [0.3, 0.4) is 0 Å². The van der Waals surface area contributed by atoms with Gasteiger partial charge in [0.15, 0.2) is 0 Å². The first-order valence-corrected chi connectivity index (χ1v) is 4.20. The van der Waals surface area contributed by atoms with Crippen LogP contribution < -0.4 is 5.32 Å². The molecule has 78 valence electrons. The maximum absolute atomic E-state index is 13.1. The molecular formula is C10H8F2N2O. The third kappa shape index (κ3) is 2.74. The summed E-state index contributed by atoms with van der Waals surface area (Å²) < 4.78 is 25.8. The van der Waals surface area contributed by atoms with E-state index >= 15 is 0 Å². The quantitative estimate of drug-likeness (QED) is 0.806. The van der Waals surface area contributed by atoms with Crippen molar-refractivity contribution >= 4 is 5.91 Å². The third-order valence-electron chi connectivity index (χ3n) is 1.71. The molecule has 1 rings (SSSR count). The molecule has 1 aromatic carbocycles. The number of nitrogens with one attached hydrogen (secondary N) is 1. The standard InChI is InChI=1S/C10H8F2N2O/c1-6(5-13)14-10(15)8-4-7(11)2-3-9(8)12/h2-4,6H,1H3,(H,14,15). The SMILES string of the molecule is CC(C#N)NC(=O)c1cc(F)ccc1F. The Morgan fingerprint density at radius 3 is 2.80 bits per heavy atom. The molecule has 0 aliphatic heterocycles. The van der Waals surface area contributed by atoms with E-state index in [2.05, 4.69) is 5.32 Å². The van der Waals surface area contributed by atoms with Gasteiger partial charge in [-0.05, 0) is 25.1 Å². The molecule has 0 saturated carbocycles. The van der Waals surface area contributed by atoms with E-state index in [0.29, 0.717) is 0 Å². The van der Waals surface area contributed by atoms with Crippen molar-refractivity contribution in [3.63, 3.8) is 0 Å². The van der Waals surface area contributed by atoms with E-state index in [-0.39, 0.29) is 0 Å². The first-order valence-electron chi connectivity index (χ1n) is 4.20. The van der Waals surface area contributed by atoms with Crippen LogP contribution in [-0.4, -0.2) is 11.9 Å². The van der Waals surface area contributed by atoms with Crippen LogP contribution in [0.15, 0.2) is 18.2 Å². The molecule has 1 unspecified atom stereocenters. The monoisotopic (exact) mass is 210 g/mol. The van der Waals surface area contributed by atoms with Gasteiger partial charge in [0, 0.05) is 0 Å². The second-order valence-corrected chi connectivity index (χ2v) is 2.95. The summed E-state index contributed by atoms with van der Waals surface area (Å²) in [6.45, 7) is 1.44. The van der Waals surface area contributed by atoms with Gasteiger partial charge in [0.2, 0.25) is 0 Å². The minimum absolute atomic E-state index is 0.405. The molecule has 0 aliphatic carbocycles. The van der Waals surface area contributed by atoms with Crippen molar-refractivity contribution in [2.24, 2.45) is 0 Å². The van der Waals surface area contributed by atoms with E-state index in [1.807, 2.05) is 0 Å². The van der Waals surface area contributed by atoms with Crippen molar-refractivity contribution in [1.29, 1.82) is 5.26 Å². The molecule has 0 aliphatic rings. The van der Waals surface area contributed by atoms with Gasteiger partial charge >= 0.3 is 0 Å². The molecular weight excluding hydrogens is 202 g/mol. The lowest BCUT2D eigenvalue weighted by atomic mass is 10.2. The predicted molar refractivity (Wildman–Crippen MR) is 48.9 cm³/mol. The van der Waals surface area contributed by atoms with E-state index in [1.54, 1.807) is 6.07 Å². The van der Waals surface area contributed by atoms with Crippen LogP contribution in [0, 0.1) is 23.0 Å². The second-order valence-electron chi connectivity index (χ2n) is 2.95. The molecule has 0 spiro atoms. The van der Waals surface area contributed by atoms with Crippen LogP contribution >= 0.6 is 0 Å². The second kappa shape index (κ2) is 4.51.